The maximum atomic E-state index is 13.7. The standard InChI is InChI=1S/C25H32N4O4.ClH/c1-2-33-25(32)26-21-10-9-20-8-7-19-5-3-4-6-22(19)29(23(20)17-21)24(31)18-28-13-11-27(12-14-28)15-16-30;/h3-6,9-10,17,30H,2,7-8,11-16,18H2,1H3,(H,26,32);1H/p-1. The second kappa shape index (κ2) is 12.2. The number of nitrogens with one attached hydrogen (secondary N) is 1. The van der Waals surface area contributed by atoms with E-state index in [4.69, 9.17) is 9.84 Å². The van der Waals surface area contributed by atoms with Gasteiger partial charge < -0.3 is 22.3 Å². The van der Waals surface area contributed by atoms with E-state index in [9.17, 15) is 9.59 Å². The maximum absolute atomic E-state index is 13.7. The molecule has 34 heavy (non-hydrogen) atoms. The van der Waals surface area contributed by atoms with Crippen LogP contribution in [0.3, 0.4) is 0 Å². The number of aryl methyl sites for hydroxylation is 2. The van der Waals surface area contributed by atoms with Crippen molar-refractivity contribution in [2.75, 3.05) is 62.7 Å². The number of rotatable bonds is 6. The SMILES string of the molecule is CCOC(=O)Nc1ccc2c(c1)N(C(=O)CN1CCN(CCO)CC1)c1ccccc1CC2.[Cl-]. The summed E-state index contributed by atoms with van der Waals surface area (Å²) in [6, 6.07) is 13.7. The number of carbonyl (C=O) groups excluding carboxylic acids is 2. The first-order chi connectivity index (χ1) is 16.1. The number of benzene rings is 2. The Morgan fingerprint density at radius 2 is 1.65 bits per heavy atom. The lowest BCUT2D eigenvalue weighted by Crippen LogP contribution is -3.00. The first kappa shape index (κ1) is 26.0. The monoisotopic (exact) mass is 487 g/mol. The number of aliphatic hydroxyl groups is 1. The molecule has 1 saturated heterocycles. The molecule has 2 heterocycles. The van der Waals surface area contributed by atoms with Gasteiger partial charge >= 0.3 is 6.09 Å². The molecular formula is C25H32ClN4O4-. The van der Waals surface area contributed by atoms with Crippen LogP contribution in [0, 0.1) is 0 Å². The smallest absolute Gasteiger partial charge is 0.411 e. The third kappa shape index (κ3) is 6.07. The van der Waals surface area contributed by atoms with Crippen LogP contribution in [-0.4, -0.2) is 79.4 Å². The van der Waals surface area contributed by atoms with Crippen LogP contribution in [0.5, 0.6) is 0 Å². The number of ether oxygens (including phenoxy) is 1. The Balaban J connectivity index is 0.00000324. The van der Waals surface area contributed by atoms with E-state index < -0.39 is 6.09 Å². The number of para-hydroxylation sites is 1. The van der Waals surface area contributed by atoms with E-state index in [0.29, 0.717) is 25.4 Å². The van der Waals surface area contributed by atoms with Crippen molar-refractivity contribution in [1.82, 2.24) is 9.80 Å². The van der Waals surface area contributed by atoms with Crippen LogP contribution in [-0.2, 0) is 22.4 Å². The van der Waals surface area contributed by atoms with Gasteiger partial charge in [0.25, 0.3) is 0 Å². The topological polar surface area (TPSA) is 85.4 Å². The minimum atomic E-state index is -0.509. The van der Waals surface area contributed by atoms with Gasteiger partial charge in [-0.3, -0.25) is 24.8 Å². The van der Waals surface area contributed by atoms with E-state index in [1.807, 2.05) is 41.3 Å². The van der Waals surface area contributed by atoms with Gasteiger partial charge in [0.05, 0.1) is 31.1 Å². The fraction of sp³-hybridized carbons (Fsp3) is 0.440. The molecule has 2 aliphatic heterocycles. The van der Waals surface area contributed by atoms with Gasteiger partial charge in [0.15, 0.2) is 0 Å². The highest BCUT2D eigenvalue weighted by Crippen LogP contribution is 2.37. The molecule has 1 fully saturated rings. The molecule has 9 heteroatoms. The van der Waals surface area contributed by atoms with Crippen LogP contribution in [0.2, 0.25) is 0 Å². The predicted octanol–water partition coefficient (Wildman–Crippen LogP) is -0.368. The molecule has 2 N–H and O–H groups in total. The molecule has 2 amide bonds. The second-order valence-corrected chi connectivity index (χ2v) is 8.39. The van der Waals surface area contributed by atoms with Gasteiger partial charge in [0.2, 0.25) is 5.91 Å². The molecule has 2 aliphatic rings. The molecule has 4 rings (SSSR count). The van der Waals surface area contributed by atoms with Crippen LogP contribution in [0.25, 0.3) is 0 Å². The van der Waals surface area contributed by atoms with Crippen molar-refractivity contribution in [2.45, 2.75) is 19.8 Å². The molecular weight excluding hydrogens is 456 g/mol. The number of carbonyl (C=O) groups is 2. The molecule has 0 atom stereocenters. The minimum Gasteiger partial charge on any atom is -1.00 e. The number of hydrogen-bond donors (Lipinski definition) is 2. The Morgan fingerprint density at radius 3 is 2.35 bits per heavy atom. The van der Waals surface area contributed by atoms with Crippen molar-refractivity contribution in [3.63, 3.8) is 0 Å². The van der Waals surface area contributed by atoms with Crippen LogP contribution in [0.1, 0.15) is 18.1 Å². The van der Waals surface area contributed by atoms with E-state index in [1.54, 1.807) is 6.92 Å². The number of anilines is 3. The summed E-state index contributed by atoms with van der Waals surface area (Å²) in [5.41, 5.74) is 4.50. The Morgan fingerprint density at radius 1 is 0.971 bits per heavy atom. The number of amides is 2. The number of halogens is 1. The third-order valence-corrected chi connectivity index (χ3v) is 6.23. The summed E-state index contributed by atoms with van der Waals surface area (Å²) in [7, 11) is 0. The summed E-state index contributed by atoms with van der Waals surface area (Å²) in [5, 5.41) is 11.9. The lowest BCUT2D eigenvalue weighted by atomic mass is 10.0. The van der Waals surface area contributed by atoms with Gasteiger partial charge in [-0.2, -0.15) is 0 Å². The molecule has 0 aliphatic carbocycles. The van der Waals surface area contributed by atoms with E-state index >= 15 is 0 Å². The van der Waals surface area contributed by atoms with Gasteiger partial charge in [0.1, 0.15) is 0 Å². The summed E-state index contributed by atoms with van der Waals surface area (Å²) in [6.07, 6.45) is 1.15. The van der Waals surface area contributed by atoms with Crippen LogP contribution < -0.4 is 22.6 Å². The summed E-state index contributed by atoms with van der Waals surface area (Å²) in [4.78, 5) is 31.9. The first-order valence-corrected chi connectivity index (χ1v) is 11.6. The summed E-state index contributed by atoms with van der Waals surface area (Å²) < 4.78 is 5.01. The molecule has 2 aromatic rings. The molecule has 0 unspecified atom stereocenters. The zero-order valence-corrected chi connectivity index (χ0v) is 20.3. The van der Waals surface area contributed by atoms with Crippen LogP contribution in [0.15, 0.2) is 42.5 Å². The number of fused-ring (bicyclic) bond motifs is 2. The van der Waals surface area contributed by atoms with Gasteiger partial charge in [-0.05, 0) is 49.1 Å². The number of aliphatic hydroxyl groups excluding tert-OH is 1. The van der Waals surface area contributed by atoms with Crippen molar-refractivity contribution in [3.05, 3.63) is 53.6 Å². The van der Waals surface area contributed by atoms with Gasteiger partial charge in [-0.25, -0.2) is 4.79 Å². The Kier molecular flexibility index (Phi) is 9.29. The lowest BCUT2D eigenvalue weighted by molar-refractivity contribution is -0.119. The fourth-order valence-electron chi connectivity index (χ4n) is 4.53. The van der Waals surface area contributed by atoms with E-state index in [1.165, 1.54) is 0 Å². The van der Waals surface area contributed by atoms with Crippen molar-refractivity contribution in [1.29, 1.82) is 0 Å². The largest absolute Gasteiger partial charge is 1.00 e. The summed E-state index contributed by atoms with van der Waals surface area (Å²) >= 11 is 0. The molecule has 0 radical (unpaired) electrons. The number of piperazine rings is 1. The highest BCUT2D eigenvalue weighted by Gasteiger charge is 2.28. The molecule has 0 aromatic heterocycles. The quantitative estimate of drug-likeness (QED) is 0.578. The van der Waals surface area contributed by atoms with Gasteiger partial charge in [-0.1, -0.05) is 24.3 Å². The van der Waals surface area contributed by atoms with Crippen molar-refractivity contribution in [2.24, 2.45) is 0 Å². The maximum Gasteiger partial charge on any atom is 0.411 e. The molecule has 0 saturated carbocycles. The summed E-state index contributed by atoms with van der Waals surface area (Å²) in [6.45, 7) is 6.46. The predicted molar refractivity (Wildman–Crippen MR) is 128 cm³/mol. The summed E-state index contributed by atoms with van der Waals surface area (Å²) in [5.74, 6) is 0.00879. The van der Waals surface area contributed by atoms with E-state index in [0.717, 1.165) is 61.5 Å². The number of β-amino-alcohol motifs (C(OH)–C–C–N with tert-alkyl or cyclic N) is 1. The lowest BCUT2D eigenvalue weighted by Gasteiger charge is -2.35. The van der Waals surface area contributed by atoms with Crippen molar-refractivity contribution >= 4 is 29.1 Å². The van der Waals surface area contributed by atoms with E-state index in [-0.39, 0.29) is 24.9 Å². The first-order valence-electron chi connectivity index (χ1n) is 11.6. The molecule has 8 nitrogen and oxygen atoms in total. The fourth-order valence-corrected chi connectivity index (χ4v) is 4.53. The zero-order valence-electron chi connectivity index (χ0n) is 19.5. The highest BCUT2D eigenvalue weighted by atomic mass is 35.5. The van der Waals surface area contributed by atoms with Crippen LogP contribution in [0.4, 0.5) is 21.9 Å². The molecule has 184 valence electrons. The minimum absolute atomic E-state index is 0. The number of hydrogen-bond acceptors (Lipinski definition) is 6. The number of nitrogens with zero attached hydrogens (tertiary/aromatic N) is 3. The van der Waals surface area contributed by atoms with Gasteiger partial charge in [-0.15, -0.1) is 0 Å². The van der Waals surface area contributed by atoms with E-state index in [2.05, 4.69) is 21.2 Å². The molecule has 0 spiro atoms. The Labute approximate surface area is 206 Å². The third-order valence-electron chi connectivity index (χ3n) is 6.23. The zero-order chi connectivity index (χ0) is 23.2. The second-order valence-electron chi connectivity index (χ2n) is 8.39. The Bertz CT molecular complexity index is 995. The molecule has 0 bridgehead atoms. The van der Waals surface area contributed by atoms with Gasteiger partial charge in [0, 0.05) is 38.4 Å². The highest BCUT2D eigenvalue weighted by molar-refractivity contribution is 6.04. The van der Waals surface area contributed by atoms with Crippen molar-refractivity contribution in [3.8, 4) is 0 Å². The van der Waals surface area contributed by atoms with Crippen LogP contribution >= 0.6 is 0 Å². The normalized spacial score (nSPS) is 16.0. The average molecular weight is 488 g/mol. The average Bonchev–Trinajstić information content (AvgIpc) is 2.97. The molecule has 2 aromatic carbocycles. The van der Waals surface area contributed by atoms with Crippen molar-refractivity contribution < 1.29 is 31.8 Å². The Hall–Kier alpha value is -2.65.